The molecule has 2 rings (SSSR count). The van der Waals surface area contributed by atoms with Crippen molar-refractivity contribution in [2.45, 2.75) is 18.8 Å². The first-order chi connectivity index (χ1) is 5.88. The number of nitrogens with one attached hydrogen (secondary N) is 1. The van der Waals surface area contributed by atoms with Gasteiger partial charge < -0.3 is 9.88 Å². The van der Waals surface area contributed by atoms with Crippen molar-refractivity contribution >= 4 is 0 Å². The maximum atomic E-state index is 4.36. The van der Waals surface area contributed by atoms with Gasteiger partial charge in [0.15, 0.2) is 0 Å². The molecule has 0 spiro atoms. The SMILES string of the molecule is Cn1ccnc1[C@@H]1CCCNC1. The van der Waals surface area contributed by atoms with Crippen LogP contribution < -0.4 is 5.32 Å². The summed E-state index contributed by atoms with van der Waals surface area (Å²) in [4.78, 5) is 4.36. The van der Waals surface area contributed by atoms with Gasteiger partial charge in [-0.3, -0.25) is 0 Å². The van der Waals surface area contributed by atoms with Crippen LogP contribution in [0, 0.1) is 0 Å². The second-order valence-corrected chi connectivity index (χ2v) is 3.44. The van der Waals surface area contributed by atoms with E-state index in [1.807, 2.05) is 12.4 Å². The van der Waals surface area contributed by atoms with Crippen LogP contribution in [0.5, 0.6) is 0 Å². The Hall–Kier alpha value is -0.830. The van der Waals surface area contributed by atoms with Gasteiger partial charge in [-0.05, 0) is 19.4 Å². The van der Waals surface area contributed by atoms with Crippen molar-refractivity contribution in [1.29, 1.82) is 0 Å². The molecule has 0 aliphatic carbocycles. The number of aromatic nitrogens is 2. The van der Waals surface area contributed by atoms with Crippen molar-refractivity contribution < 1.29 is 0 Å². The van der Waals surface area contributed by atoms with Crippen molar-refractivity contribution in [3.05, 3.63) is 18.2 Å². The Morgan fingerprint density at radius 1 is 1.67 bits per heavy atom. The number of hydrogen-bond acceptors (Lipinski definition) is 2. The summed E-state index contributed by atoms with van der Waals surface area (Å²) in [5, 5.41) is 3.40. The van der Waals surface area contributed by atoms with Crippen LogP contribution in [-0.4, -0.2) is 22.6 Å². The van der Waals surface area contributed by atoms with Gasteiger partial charge in [-0.1, -0.05) is 0 Å². The van der Waals surface area contributed by atoms with Gasteiger partial charge in [-0.2, -0.15) is 0 Å². The van der Waals surface area contributed by atoms with Crippen molar-refractivity contribution in [2.75, 3.05) is 13.1 Å². The van der Waals surface area contributed by atoms with E-state index in [2.05, 4.69) is 21.9 Å². The molecular formula is C9H15N3. The van der Waals surface area contributed by atoms with Crippen LogP contribution in [-0.2, 0) is 7.05 Å². The Kier molecular flexibility index (Phi) is 2.13. The maximum Gasteiger partial charge on any atom is 0.112 e. The maximum absolute atomic E-state index is 4.36. The van der Waals surface area contributed by atoms with E-state index in [9.17, 15) is 0 Å². The molecule has 1 aliphatic rings. The summed E-state index contributed by atoms with van der Waals surface area (Å²) in [6.45, 7) is 2.26. The molecule has 1 saturated heterocycles. The molecule has 0 radical (unpaired) electrons. The van der Waals surface area contributed by atoms with Crippen LogP contribution in [0.4, 0.5) is 0 Å². The summed E-state index contributed by atoms with van der Waals surface area (Å²) in [7, 11) is 2.07. The molecule has 0 amide bonds. The minimum atomic E-state index is 0.624. The van der Waals surface area contributed by atoms with Crippen LogP contribution in [0.1, 0.15) is 24.6 Å². The second kappa shape index (κ2) is 3.27. The molecular weight excluding hydrogens is 150 g/mol. The quantitative estimate of drug-likeness (QED) is 0.669. The number of imidazole rings is 1. The smallest absolute Gasteiger partial charge is 0.112 e. The van der Waals surface area contributed by atoms with E-state index in [-0.39, 0.29) is 0 Å². The summed E-state index contributed by atoms with van der Waals surface area (Å²) in [5.41, 5.74) is 0. The van der Waals surface area contributed by atoms with Gasteiger partial charge >= 0.3 is 0 Å². The number of piperidine rings is 1. The first-order valence-corrected chi connectivity index (χ1v) is 4.56. The van der Waals surface area contributed by atoms with E-state index in [4.69, 9.17) is 0 Å². The van der Waals surface area contributed by atoms with Crippen molar-refractivity contribution in [3.8, 4) is 0 Å². The van der Waals surface area contributed by atoms with Gasteiger partial charge in [0, 0.05) is 31.9 Å². The molecule has 3 nitrogen and oxygen atoms in total. The predicted molar refractivity (Wildman–Crippen MR) is 48.1 cm³/mol. The second-order valence-electron chi connectivity index (χ2n) is 3.44. The molecule has 0 unspecified atom stereocenters. The number of aryl methyl sites for hydroxylation is 1. The van der Waals surface area contributed by atoms with Crippen molar-refractivity contribution in [1.82, 2.24) is 14.9 Å². The Labute approximate surface area is 72.8 Å². The Bertz CT molecular complexity index is 248. The fraction of sp³-hybridized carbons (Fsp3) is 0.667. The van der Waals surface area contributed by atoms with Gasteiger partial charge in [-0.15, -0.1) is 0 Å². The predicted octanol–water partition coefficient (Wildman–Crippen LogP) is 0.887. The van der Waals surface area contributed by atoms with Crippen LogP contribution in [0.3, 0.4) is 0 Å². The van der Waals surface area contributed by atoms with Crippen molar-refractivity contribution in [2.24, 2.45) is 7.05 Å². The monoisotopic (exact) mass is 165 g/mol. The minimum Gasteiger partial charge on any atom is -0.338 e. The molecule has 0 saturated carbocycles. The van der Waals surface area contributed by atoms with Gasteiger partial charge in [0.05, 0.1) is 0 Å². The zero-order chi connectivity index (χ0) is 8.39. The minimum absolute atomic E-state index is 0.624. The number of nitrogens with zero attached hydrogens (tertiary/aromatic N) is 2. The van der Waals surface area contributed by atoms with Gasteiger partial charge in [0.1, 0.15) is 5.82 Å². The molecule has 0 aromatic carbocycles. The molecule has 1 atom stereocenters. The molecule has 3 heteroatoms. The lowest BCUT2D eigenvalue weighted by molar-refractivity contribution is 0.439. The highest BCUT2D eigenvalue weighted by atomic mass is 15.0. The largest absolute Gasteiger partial charge is 0.338 e. The molecule has 0 bridgehead atoms. The lowest BCUT2D eigenvalue weighted by Gasteiger charge is -2.22. The fourth-order valence-electron chi connectivity index (χ4n) is 1.84. The van der Waals surface area contributed by atoms with E-state index in [0.717, 1.165) is 6.54 Å². The summed E-state index contributed by atoms with van der Waals surface area (Å²) >= 11 is 0. The summed E-state index contributed by atoms with van der Waals surface area (Å²) < 4.78 is 2.12. The normalized spacial score (nSPS) is 24.2. The van der Waals surface area contributed by atoms with Crippen LogP contribution >= 0.6 is 0 Å². The first kappa shape index (κ1) is 7.80. The first-order valence-electron chi connectivity index (χ1n) is 4.56. The third-order valence-corrected chi connectivity index (χ3v) is 2.52. The van der Waals surface area contributed by atoms with E-state index < -0.39 is 0 Å². The van der Waals surface area contributed by atoms with E-state index >= 15 is 0 Å². The zero-order valence-electron chi connectivity index (χ0n) is 7.45. The van der Waals surface area contributed by atoms with E-state index in [1.165, 1.54) is 25.2 Å². The fourth-order valence-corrected chi connectivity index (χ4v) is 1.84. The summed E-state index contributed by atoms with van der Waals surface area (Å²) in [6.07, 6.45) is 6.45. The van der Waals surface area contributed by atoms with Gasteiger partial charge in [0.2, 0.25) is 0 Å². The highest BCUT2D eigenvalue weighted by molar-refractivity contribution is 5.01. The van der Waals surface area contributed by atoms with E-state index in [1.54, 1.807) is 0 Å². The lowest BCUT2D eigenvalue weighted by atomic mass is 9.99. The molecule has 1 aromatic rings. The lowest BCUT2D eigenvalue weighted by Crippen LogP contribution is -2.29. The van der Waals surface area contributed by atoms with Crippen molar-refractivity contribution in [3.63, 3.8) is 0 Å². The molecule has 1 aliphatic heterocycles. The highest BCUT2D eigenvalue weighted by Crippen LogP contribution is 2.20. The molecule has 2 heterocycles. The molecule has 12 heavy (non-hydrogen) atoms. The highest BCUT2D eigenvalue weighted by Gasteiger charge is 2.17. The van der Waals surface area contributed by atoms with Crippen LogP contribution in [0.2, 0.25) is 0 Å². The summed E-state index contributed by atoms with van der Waals surface area (Å²) in [5.74, 6) is 1.85. The average Bonchev–Trinajstić information content (AvgIpc) is 2.53. The zero-order valence-corrected chi connectivity index (χ0v) is 7.45. The Balaban J connectivity index is 2.13. The molecule has 1 aromatic heterocycles. The van der Waals surface area contributed by atoms with Gasteiger partial charge in [-0.25, -0.2) is 4.98 Å². The average molecular weight is 165 g/mol. The van der Waals surface area contributed by atoms with Gasteiger partial charge in [0.25, 0.3) is 0 Å². The summed E-state index contributed by atoms with van der Waals surface area (Å²) in [6, 6.07) is 0. The molecule has 1 N–H and O–H groups in total. The van der Waals surface area contributed by atoms with E-state index in [0.29, 0.717) is 5.92 Å². The Morgan fingerprint density at radius 2 is 2.58 bits per heavy atom. The van der Waals surface area contributed by atoms with Crippen LogP contribution in [0.15, 0.2) is 12.4 Å². The number of rotatable bonds is 1. The number of hydrogen-bond donors (Lipinski definition) is 1. The standard InChI is InChI=1S/C9H15N3/c1-12-6-5-11-9(12)8-3-2-4-10-7-8/h5-6,8,10H,2-4,7H2,1H3/t8-/m1/s1. The van der Waals surface area contributed by atoms with Crippen LogP contribution in [0.25, 0.3) is 0 Å². The molecule has 1 fully saturated rings. The third kappa shape index (κ3) is 1.37. The topological polar surface area (TPSA) is 29.9 Å². The Morgan fingerprint density at radius 3 is 3.17 bits per heavy atom. The third-order valence-electron chi connectivity index (χ3n) is 2.52. The molecule has 66 valence electrons.